The Balaban J connectivity index is 3.55. The molecule has 0 saturated heterocycles. The van der Waals surface area contributed by atoms with Crippen LogP contribution in [-0.2, 0) is 14.3 Å². The second-order valence-electron chi connectivity index (χ2n) is 2.64. The highest BCUT2D eigenvalue weighted by molar-refractivity contribution is 5.97. The van der Waals surface area contributed by atoms with Crippen molar-refractivity contribution < 1.29 is 14.3 Å². The first-order chi connectivity index (χ1) is 6.70. The SMILES string of the molecule is CCOCCNC(=O)/C=C/C(=O)CC. The second kappa shape index (κ2) is 8.44. The molecular weight excluding hydrogens is 182 g/mol. The Bertz CT molecular complexity index is 211. The van der Waals surface area contributed by atoms with E-state index in [1.807, 2.05) is 6.92 Å². The zero-order chi connectivity index (χ0) is 10.8. The van der Waals surface area contributed by atoms with Crippen LogP contribution in [0.4, 0.5) is 0 Å². The quantitative estimate of drug-likeness (QED) is 0.484. The summed E-state index contributed by atoms with van der Waals surface area (Å²) in [7, 11) is 0. The number of allylic oxidation sites excluding steroid dienone is 1. The first kappa shape index (κ1) is 12.8. The van der Waals surface area contributed by atoms with Crippen LogP contribution in [0.3, 0.4) is 0 Å². The highest BCUT2D eigenvalue weighted by Crippen LogP contribution is 1.83. The van der Waals surface area contributed by atoms with Crippen LogP contribution < -0.4 is 5.32 Å². The molecule has 0 heterocycles. The van der Waals surface area contributed by atoms with Crippen LogP contribution in [0.25, 0.3) is 0 Å². The molecule has 0 aliphatic rings. The predicted octanol–water partition coefficient (Wildman–Crippen LogP) is 0.674. The molecule has 0 unspecified atom stereocenters. The van der Waals surface area contributed by atoms with Gasteiger partial charge in [-0.25, -0.2) is 0 Å². The zero-order valence-corrected chi connectivity index (χ0v) is 8.71. The van der Waals surface area contributed by atoms with E-state index in [0.717, 1.165) is 0 Å². The Morgan fingerprint density at radius 2 is 2.00 bits per heavy atom. The zero-order valence-electron chi connectivity index (χ0n) is 8.71. The van der Waals surface area contributed by atoms with Crippen molar-refractivity contribution in [3.8, 4) is 0 Å². The van der Waals surface area contributed by atoms with Gasteiger partial charge in [-0.3, -0.25) is 9.59 Å². The lowest BCUT2D eigenvalue weighted by Gasteiger charge is -2.01. The second-order valence-corrected chi connectivity index (χ2v) is 2.64. The van der Waals surface area contributed by atoms with Gasteiger partial charge in [-0.15, -0.1) is 0 Å². The summed E-state index contributed by atoms with van der Waals surface area (Å²) in [5.74, 6) is -0.309. The predicted molar refractivity (Wildman–Crippen MR) is 53.9 cm³/mol. The molecule has 4 heteroatoms. The smallest absolute Gasteiger partial charge is 0.244 e. The van der Waals surface area contributed by atoms with Crippen LogP contribution in [0, 0.1) is 0 Å². The Hall–Kier alpha value is -1.16. The summed E-state index contributed by atoms with van der Waals surface area (Å²) in [5, 5.41) is 2.59. The number of ketones is 1. The third-order valence-electron chi connectivity index (χ3n) is 1.52. The molecule has 0 aromatic carbocycles. The average Bonchev–Trinajstić information content (AvgIpc) is 2.21. The van der Waals surface area contributed by atoms with E-state index in [9.17, 15) is 9.59 Å². The molecule has 1 amide bonds. The number of rotatable bonds is 7. The minimum Gasteiger partial charge on any atom is -0.380 e. The standard InChI is InChI=1S/C10H17NO3/c1-3-9(12)5-6-10(13)11-7-8-14-4-2/h5-6H,3-4,7-8H2,1-2H3,(H,11,13)/b6-5+. The summed E-state index contributed by atoms with van der Waals surface area (Å²) in [4.78, 5) is 21.8. The highest BCUT2D eigenvalue weighted by Gasteiger charge is 1.95. The van der Waals surface area contributed by atoms with Crippen molar-refractivity contribution in [2.45, 2.75) is 20.3 Å². The summed E-state index contributed by atoms with van der Waals surface area (Å²) in [6.45, 7) is 5.25. The molecule has 0 aromatic heterocycles. The third-order valence-corrected chi connectivity index (χ3v) is 1.52. The molecule has 14 heavy (non-hydrogen) atoms. The van der Waals surface area contributed by atoms with Crippen molar-refractivity contribution in [2.24, 2.45) is 0 Å². The molecule has 0 bridgehead atoms. The maximum Gasteiger partial charge on any atom is 0.244 e. The van der Waals surface area contributed by atoms with E-state index in [4.69, 9.17) is 4.74 Å². The normalized spacial score (nSPS) is 10.4. The van der Waals surface area contributed by atoms with Gasteiger partial charge in [-0.05, 0) is 13.0 Å². The Kier molecular flexibility index (Phi) is 7.74. The van der Waals surface area contributed by atoms with Gasteiger partial charge in [-0.1, -0.05) is 6.92 Å². The minimum absolute atomic E-state index is 0.0510. The summed E-state index contributed by atoms with van der Waals surface area (Å²) >= 11 is 0. The first-order valence-electron chi connectivity index (χ1n) is 4.77. The molecule has 0 radical (unpaired) electrons. The lowest BCUT2D eigenvalue weighted by molar-refractivity contribution is -0.118. The van der Waals surface area contributed by atoms with Crippen LogP contribution in [0.1, 0.15) is 20.3 Å². The van der Waals surface area contributed by atoms with Gasteiger partial charge in [0.2, 0.25) is 5.91 Å². The maximum atomic E-state index is 11.0. The molecule has 0 saturated carbocycles. The van der Waals surface area contributed by atoms with E-state index >= 15 is 0 Å². The van der Waals surface area contributed by atoms with Crippen molar-refractivity contribution in [1.29, 1.82) is 0 Å². The van der Waals surface area contributed by atoms with Gasteiger partial charge < -0.3 is 10.1 Å². The molecule has 0 rings (SSSR count). The number of carbonyl (C=O) groups excluding carboxylic acids is 2. The molecule has 0 spiro atoms. The molecule has 0 aliphatic carbocycles. The largest absolute Gasteiger partial charge is 0.380 e. The van der Waals surface area contributed by atoms with Crippen molar-refractivity contribution >= 4 is 11.7 Å². The van der Waals surface area contributed by atoms with Crippen molar-refractivity contribution in [2.75, 3.05) is 19.8 Å². The van der Waals surface area contributed by atoms with Crippen molar-refractivity contribution in [3.05, 3.63) is 12.2 Å². The van der Waals surface area contributed by atoms with E-state index in [0.29, 0.717) is 26.2 Å². The highest BCUT2D eigenvalue weighted by atomic mass is 16.5. The summed E-state index contributed by atoms with van der Waals surface area (Å²) in [6.07, 6.45) is 2.95. The lowest BCUT2D eigenvalue weighted by atomic mass is 10.3. The molecule has 0 atom stereocenters. The Labute approximate surface area is 84.3 Å². The molecule has 4 nitrogen and oxygen atoms in total. The first-order valence-corrected chi connectivity index (χ1v) is 4.77. The molecule has 1 N–H and O–H groups in total. The van der Waals surface area contributed by atoms with Crippen molar-refractivity contribution in [1.82, 2.24) is 5.32 Å². The fraction of sp³-hybridized carbons (Fsp3) is 0.600. The number of hydrogen-bond acceptors (Lipinski definition) is 3. The van der Waals surface area contributed by atoms with Crippen molar-refractivity contribution in [3.63, 3.8) is 0 Å². The molecule has 0 fully saturated rings. The van der Waals surface area contributed by atoms with Gasteiger partial charge in [0.25, 0.3) is 0 Å². The number of nitrogens with one attached hydrogen (secondary N) is 1. The summed E-state index contributed by atoms with van der Waals surface area (Å²) in [5.41, 5.74) is 0. The van der Waals surface area contributed by atoms with E-state index in [-0.39, 0.29) is 11.7 Å². The Morgan fingerprint density at radius 3 is 2.57 bits per heavy atom. The van der Waals surface area contributed by atoms with E-state index < -0.39 is 0 Å². The van der Waals surface area contributed by atoms with Crippen LogP contribution in [-0.4, -0.2) is 31.4 Å². The number of ether oxygens (including phenoxy) is 1. The van der Waals surface area contributed by atoms with Crippen LogP contribution >= 0.6 is 0 Å². The van der Waals surface area contributed by atoms with Gasteiger partial charge in [0, 0.05) is 25.6 Å². The van der Waals surface area contributed by atoms with Crippen LogP contribution in [0.15, 0.2) is 12.2 Å². The van der Waals surface area contributed by atoms with Gasteiger partial charge in [0.15, 0.2) is 5.78 Å². The fourth-order valence-corrected chi connectivity index (χ4v) is 0.736. The summed E-state index contributed by atoms with van der Waals surface area (Å²) < 4.78 is 5.02. The van der Waals surface area contributed by atoms with Crippen LogP contribution in [0.5, 0.6) is 0 Å². The van der Waals surface area contributed by atoms with Gasteiger partial charge in [-0.2, -0.15) is 0 Å². The molecule has 0 aromatic rings. The number of hydrogen-bond donors (Lipinski definition) is 1. The maximum absolute atomic E-state index is 11.0. The third kappa shape index (κ3) is 7.49. The van der Waals surface area contributed by atoms with E-state index in [2.05, 4.69) is 5.32 Å². The Morgan fingerprint density at radius 1 is 1.29 bits per heavy atom. The van der Waals surface area contributed by atoms with Gasteiger partial charge in [0.1, 0.15) is 0 Å². The fourth-order valence-electron chi connectivity index (χ4n) is 0.736. The molecule has 0 aliphatic heterocycles. The monoisotopic (exact) mass is 199 g/mol. The summed E-state index contributed by atoms with van der Waals surface area (Å²) in [6, 6.07) is 0. The molecular formula is C10H17NO3. The van der Waals surface area contributed by atoms with Gasteiger partial charge in [0.05, 0.1) is 6.61 Å². The van der Waals surface area contributed by atoms with Crippen LogP contribution in [0.2, 0.25) is 0 Å². The molecule has 80 valence electrons. The van der Waals surface area contributed by atoms with Gasteiger partial charge >= 0.3 is 0 Å². The number of amides is 1. The van der Waals surface area contributed by atoms with E-state index in [1.54, 1.807) is 6.92 Å². The number of carbonyl (C=O) groups is 2. The average molecular weight is 199 g/mol. The topological polar surface area (TPSA) is 55.4 Å². The lowest BCUT2D eigenvalue weighted by Crippen LogP contribution is -2.25. The minimum atomic E-state index is -0.258. The van der Waals surface area contributed by atoms with E-state index in [1.165, 1.54) is 12.2 Å².